The highest BCUT2D eigenvalue weighted by Crippen LogP contribution is 2.31. The standard InChI is InChI=1S/C17H23N5O2S/c1-11-9-18-17(25-11)21-15-8-13(19-12(2)20-15)14-6-4-5-7-22(14)16(23)10-24-3/h8-9,14H,4-7,10H2,1-3H3,(H,18,19,20,21)/t14-/m0/s1. The van der Waals surface area contributed by atoms with Gasteiger partial charge in [-0.1, -0.05) is 0 Å². The highest BCUT2D eigenvalue weighted by molar-refractivity contribution is 7.15. The number of methoxy groups -OCH3 is 1. The van der Waals surface area contributed by atoms with E-state index in [0.29, 0.717) is 11.6 Å². The second-order valence-electron chi connectivity index (χ2n) is 6.16. The Morgan fingerprint density at radius 1 is 1.40 bits per heavy atom. The highest BCUT2D eigenvalue weighted by Gasteiger charge is 2.29. The second kappa shape index (κ2) is 7.88. The van der Waals surface area contributed by atoms with Crippen LogP contribution in [-0.2, 0) is 9.53 Å². The fourth-order valence-corrected chi connectivity index (χ4v) is 3.76. The topological polar surface area (TPSA) is 80.2 Å². The molecule has 3 heterocycles. The normalized spacial score (nSPS) is 17.6. The van der Waals surface area contributed by atoms with E-state index in [1.54, 1.807) is 18.4 Å². The Balaban J connectivity index is 1.85. The monoisotopic (exact) mass is 361 g/mol. The SMILES string of the molecule is COCC(=O)N1CCCC[C@H]1c1cc(Nc2ncc(C)s2)nc(C)n1. The number of anilines is 2. The van der Waals surface area contributed by atoms with Crippen LogP contribution in [0, 0.1) is 13.8 Å². The van der Waals surface area contributed by atoms with Gasteiger partial charge in [0.25, 0.3) is 0 Å². The average molecular weight is 361 g/mol. The zero-order valence-electron chi connectivity index (χ0n) is 14.8. The van der Waals surface area contributed by atoms with E-state index in [-0.39, 0.29) is 18.6 Å². The van der Waals surface area contributed by atoms with Crippen LogP contribution in [0.1, 0.15) is 41.7 Å². The van der Waals surface area contributed by atoms with E-state index >= 15 is 0 Å². The van der Waals surface area contributed by atoms with Crippen LogP contribution in [0.3, 0.4) is 0 Å². The summed E-state index contributed by atoms with van der Waals surface area (Å²) in [5.74, 6) is 1.40. The summed E-state index contributed by atoms with van der Waals surface area (Å²) in [6.07, 6.45) is 4.83. The van der Waals surface area contributed by atoms with E-state index in [1.165, 1.54) is 0 Å². The first kappa shape index (κ1) is 17.8. The summed E-state index contributed by atoms with van der Waals surface area (Å²) in [7, 11) is 1.55. The molecule has 0 saturated carbocycles. The first-order valence-electron chi connectivity index (χ1n) is 8.40. The van der Waals surface area contributed by atoms with Crippen molar-refractivity contribution < 1.29 is 9.53 Å². The molecule has 0 aliphatic carbocycles. The lowest BCUT2D eigenvalue weighted by Gasteiger charge is -2.35. The number of nitrogens with one attached hydrogen (secondary N) is 1. The number of carbonyl (C=O) groups excluding carboxylic acids is 1. The van der Waals surface area contributed by atoms with Gasteiger partial charge in [0.1, 0.15) is 18.2 Å². The van der Waals surface area contributed by atoms with Crippen LogP contribution in [-0.4, -0.2) is 46.0 Å². The van der Waals surface area contributed by atoms with Crippen molar-refractivity contribution in [3.05, 3.63) is 28.7 Å². The predicted molar refractivity (Wildman–Crippen MR) is 97.1 cm³/mol. The molecule has 8 heteroatoms. The lowest BCUT2D eigenvalue weighted by Crippen LogP contribution is -2.40. The second-order valence-corrected chi connectivity index (χ2v) is 7.39. The molecule has 1 amide bonds. The molecule has 1 aliphatic rings. The van der Waals surface area contributed by atoms with Gasteiger partial charge in [0.05, 0.1) is 11.7 Å². The highest BCUT2D eigenvalue weighted by atomic mass is 32.1. The minimum Gasteiger partial charge on any atom is -0.375 e. The number of thiazole rings is 1. The summed E-state index contributed by atoms with van der Waals surface area (Å²) < 4.78 is 5.03. The number of amides is 1. The van der Waals surface area contributed by atoms with E-state index in [4.69, 9.17) is 4.74 Å². The van der Waals surface area contributed by atoms with Gasteiger partial charge in [-0.05, 0) is 33.1 Å². The minimum atomic E-state index is -0.0309. The Bertz CT molecular complexity index is 748. The molecule has 0 aromatic carbocycles. The van der Waals surface area contributed by atoms with Gasteiger partial charge in [-0.15, -0.1) is 11.3 Å². The van der Waals surface area contributed by atoms with E-state index < -0.39 is 0 Å². The Hall–Kier alpha value is -2.06. The molecular weight excluding hydrogens is 338 g/mol. The van der Waals surface area contributed by atoms with E-state index in [0.717, 1.165) is 41.5 Å². The summed E-state index contributed by atoms with van der Waals surface area (Å²) >= 11 is 1.58. The molecule has 7 nitrogen and oxygen atoms in total. The third-order valence-electron chi connectivity index (χ3n) is 4.15. The Morgan fingerprint density at radius 3 is 2.96 bits per heavy atom. The van der Waals surface area contributed by atoms with Gasteiger partial charge in [-0.3, -0.25) is 4.79 Å². The number of hydrogen-bond acceptors (Lipinski definition) is 7. The number of ether oxygens (including phenoxy) is 1. The number of rotatable bonds is 5. The molecule has 0 unspecified atom stereocenters. The Morgan fingerprint density at radius 2 is 2.24 bits per heavy atom. The van der Waals surface area contributed by atoms with Crippen molar-refractivity contribution in [3.8, 4) is 0 Å². The van der Waals surface area contributed by atoms with Gasteiger partial charge < -0.3 is 15.0 Å². The first-order valence-corrected chi connectivity index (χ1v) is 9.22. The number of likely N-dealkylation sites (tertiary alicyclic amines) is 1. The van der Waals surface area contributed by atoms with Gasteiger partial charge in [0.15, 0.2) is 5.13 Å². The van der Waals surface area contributed by atoms with Crippen molar-refractivity contribution >= 4 is 28.2 Å². The number of aromatic nitrogens is 3. The van der Waals surface area contributed by atoms with Crippen LogP contribution < -0.4 is 5.32 Å². The van der Waals surface area contributed by atoms with Crippen molar-refractivity contribution in [2.45, 2.75) is 39.2 Å². The van der Waals surface area contributed by atoms with Crippen molar-refractivity contribution in [2.24, 2.45) is 0 Å². The Labute approximate surface area is 151 Å². The maximum atomic E-state index is 12.4. The molecule has 134 valence electrons. The predicted octanol–water partition coefficient (Wildman–Crippen LogP) is 2.99. The third-order valence-corrected chi connectivity index (χ3v) is 4.97. The summed E-state index contributed by atoms with van der Waals surface area (Å²) in [5.41, 5.74) is 0.868. The van der Waals surface area contributed by atoms with Gasteiger partial charge in [0.2, 0.25) is 5.91 Å². The molecule has 3 rings (SSSR count). The van der Waals surface area contributed by atoms with Crippen LogP contribution in [0.5, 0.6) is 0 Å². The van der Waals surface area contributed by atoms with Gasteiger partial charge >= 0.3 is 0 Å². The molecule has 1 fully saturated rings. The van der Waals surface area contributed by atoms with Crippen LogP contribution >= 0.6 is 11.3 Å². The lowest BCUT2D eigenvalue weighted by molar-refractivity contribution is -0.139. The quantitative estimate of drug-likeness (QED) is 0.882. The number of carbonyl (C=O) groups is 1. The molecule has 2 aromatic rings. The summed E-state index contributed by atoms with van der Waals surface area (Å²) in [6, 6.07) is 1.89. The van der Waals surface area contributed by atoms with Gasteiger partial charge in [-0.2, -0.15) is 0 Å². The number of hydrogen-bond donors (Lipinski definition) is 1. The van der Waals surface area contributed by atoms with E-state index in [9.17, 15) is 4.79 Å². The fraction of sp³-hybridized carbons (Fsp3) is 0.529. The van der Waals surface area contributed by atoms with Crippen molar-refractivity contribution in [2.75, 3.05) is 25.6 Å². The molecule has 0 radical (unpaired) electrons. The number of piperidine rings is 1. The van der Waals surface area contributed by atoms with E-state index in [1.807, 2.05) is 31.0 Å². The number of nitrogens with zero attached hydrogens (tertiary/aromatic N) is 4. The zero-order valence-corrected chi connectivity index (χ0v) is 15.6. The molecule has 2 aromatic heterocycles. The average Bonchev–Trinajstić information content (AvgIpc) is 2.99. The molecule has 0 spiro atoms. The molecule has 0 bridgehead atoms. The van der Waals surface area contributed by atoms with Gasteiger partial charge in [-0.25, -0.2) is 15.0 Å². The lowest BCUT2D eigenvalue weighted by atomic mass is 9.99. The number of aryl methyl sites for hydroxylation is 2. The molecule has 1 atom stereocenters. The molecule has 1 aliphatic heterocycles. The summed E-state index contributed by atoms with van der Waals surface area (Å²) in [4.78, 5) is 28.8. The van der Waals surface area contributed by atoms with E-state index in [2.05, 4.69) is 20.3 Å². The molecule has 25 heavy (non-hydrogen) atoms. The zero-order chi connectivity index (χ0) is 17.8. The van der Waals surface area contributed by atoms with Crippen molar-refractivity contribution in [1.82, 2.24) is 19.9 Å². The fourth-order valence-electron chi connectivity index (χ4n) is 3.09. The largest absolute Gasteiger partial charge is 0.375 e. The van der Waals surface area contributed by atoms with Crippen LogP contribution in [0.15, 0.2) is 12.3 Å². The van der Waals surface area contributed by atoms with Crippen molar-refractivity contribution in [3.63, 3.8) is 0 Å². The summed E-state index contributed by atoms with van der Waals surface area (Å²) in [5, 5.41) is 4.05. The third kappa shape index (κ3) is 4.32. The minimum absolute atomic E-state index is 0.00789. The molecular formula is C17H23N5O2S. The van der Waals surface area contributed by atoms with Crippen LogP contribution in [0.25, 0.3) is 0 Å². The molecule has 1 saturated heterocycles. The molecule has 1 N–H and O–H groups in total. The van der Waals surface area contributed by atoms with Gasteiger partial charge in [0, 0.05) is 30.8 Å². The van der Waals surface area contributed by atoms with Crippen molar-refractivity contribution in [1.29, 1.82) is 0 Å². The maximum absolute atomic E-state index is 12.4. The first-order chi connectivity index (χ1) is 12.1. The maximum Gasteiger partial charge on any atom is 0.249 e. The van der Waals surface area contributed by atoms with Crippen LogP contribution in [0.2, 0.25) is 0 Å². The smallest absolute Gasteiger partial charge is 0.249 e. The van der Waals surface area contributed by atoms with Crippen LogP contribution in [0.4, 0.5) is 10.9 Å². The Kier molecular flexibility index (Phi) is 5.60. The summed E-state index contributed by atoms with van der Waals surface area (Å²) in [6.45, 7) is 4.72.